The van der Waals surface area contributed by atoms with Gasteiger partial charge >= 0.3 is 5.97 Å². The number of nitrogens with one attached hydrogen (secondary N) is 1. The number of nitrogens with two attached hydrogens (primary N) is 1. The van der Waals surface area contributed by atoms with Gasteiger partial charge in [-0.05, 0) is 37.1 Å². The number of carbonyl (C=O) groups excluding carboxylic acids is 2. The fourth-order valence-corrected chi connectivity index (χ4v) is 1.70. The predicted molar refractivity (Wildman–Crippen MR) is 77.3 cm³/mol. The molecule has 0 aliphatic rings. The Morgan fingerprint density at radius 2 is 2.10 bits per heavy atom. The quantitative estimate of drug-likeness (QED) is 0.745. The lowest BCUT2D eigenvalue weighted by Crippen LogP contribution is -2.29. The maximum absolute atomic E-state index is 13.3. The summed E-state index contributed by atoms with van der Waals surface area (Å²) < 4.78 is 18.3. The summed E-state index contributed by atoms with van der Waals surface area (Å²) >= 11 is 0. The number of benzene rings is 1. The molecule has 0 fully saturated rings. The average molecular weight is 296 g/mol. The third-order valence-electron chi connectivity index (χ3n) is 2.91. The minimum absolute atomic E-state index is 0.0476. The van der Waals surface area contributed by atoms with Crippen molar-refractivity contribution in [3.63, 3.8) is 0 Å². The van der Waals surface area contributed by atoms with Crippen LogP contribution in [0.4, 0.5) is 4.39 Å². The predicted octanol–water partition coefficient (Wildman–Crippen LogP) is 1.40. The largest absolute Gasteiger partial charge is 0.461 e. The highest BCUT2D eigenvalue weighted by atomic mass is 19.1. The Balaban J connectivity index is 2.47. The molecule has 0 radical (unpaired) electrons. The summed E-state index contributed by atoms with van der Waals surface area (Å²) in [6, 6.07) is 4.19. The highest BCUT2D eigenvalue weighted by molar-refractivity contribution is 5.94. The molecule has 0 spiro atoms. The molecule has 116 valence electrons. The van der Waals surface area contributed by atoms with E-state index in [0.29, 0.717) is 6.42 Å². The van der Waals surface area contributed by atoms with E-state index in [9.17, 15) is 14.0 Å². The third-order valence-corrected chi connectivity index (χ3v) is 2.91. The van der Waals surface area contributed by atoms with E-state index >= 15 is 0 Å². The van der Waals surface area contributed by atoms with Crippen LogP contribution in [0.5, 0.6) is 0 Å². The Kier molecular flexibility index (Phi) is 6.81. The second-order valence-corrected chi connectivity index (χ2v) is 4.74. The van der Waals surface area contributed by atoms with Crippen LogP contribution in [0.1, 0.15) is 36.2 Å². The smallest absolute Gasteiger partial charge is 0.307 e. The lowest BCUT2D eigenvalue weighted by Gasteiger charge is -2.11. The molecule has 0 aliphatic carbocycles. The van der Waals surface area contributed by atoms with Crippen molar-refractivity contribution in [1.29, 1.82) is 0 Å². The SMILES string of the molecule is CCc1cc(F)cc(C(=O)NCCC(=O)O[C@@H](C)CN)c1. The second kappa shape index (κ2) is 8.36. The van der Waals surface area contributed by atoms with Crippen molar-refractivity contribution in [1.82, 2.24) is 5.32 Å². The number of halogens is 1. The zero-order chi connectivity index (χ0) is 15.8. The molecule has 1 atom stereocenters. The van der Waals surface area contributed by atoms with Crippen LogP contribution in [0.15, 0.2) is 18.2 Å². The summed E-state index contributed by atoms with van der Waals surface area (Å²) in [6.45, 7) is 3.95. The second-order valence-electron chi connectivity index (χ2n) is 4.74. The fraction of sp³-hybridized carbons (Fsp3) is 0.467. The van der Waals surface area contributed by atoms with Gasteiger partial charge in [0.15, 0.2) is 0 Å². The van der Waals surface area contributed by atoms with Crippen molar-refractivity contribution < 1.29 is 18.7 Å². The monoisotopic (exact) mass is 296 g/mol. The first kappa shape index (κ1) is 17.1. The number of aryl methyl sites for hydroxylation is 1. The normalized spacial score (nSPS) is 11.8. The van der Waals surface area contributed by atoms with E-state index in [-0.39, 0.29) is 31.2 Å². The Morgan fingerprint density at radius 3 is 2.71 bits per heavy atom. The molecule has 1 rings (SSSR count). The van der Waals surface area contributed by atoms with Crippen molar-refractivity contribution in [3.05, 3.63) is 35.1 Å². The van der Waals surface area contributed by atoms with Gasteiger partial charge in [-0.15, -0.1) is 0 Å². The Bertz CT molecular complexity index is 506. The maximum atomic E-state index is 13.3. The number of hydrogen-bond acceptors (Lipinski definition) is 4. The third kappa shape index (κ3) is 5.91. The molecule has 1 amide bonds. The van der Waals surface area contributed by atoms with Crippen LogP contribution in [0, 0.1) is 5.82 Å². The number of hydrogen-bond donors (Lipinski definition) is 2. The lowest BCUT2D eigenvalue weighted by molar-refractivity contribution is -0.147. The van der Waals surface area contributed by atoms with Crippen molar-refractivity contribution in [2.75, 3.05) is 13.1 Å². The highest BCUT2D eigenvalue weighted by Gasteiger charge is 2.11. The first-order chi connectivity index (χ1) is 9.96. The van der Waals surface area contributed by atoms with Gasteiger partial charge in [0.05, 0.1) is 6.42 Å². The molecule has 0 saturated heterocycles. The Morgan fingerprint density at radius 1 is 1.38 bits per heavy atom. The molecule has 5 nitrogen and oxygen atoms in total. The summed E-state index contributed by atoms with van der Waals surface area (Å²) in [5.41, 5.74) is 6.32. The molecule has 0 heterocycles. The Hall–Kier alpha value is -1.95. The molecule has 6 heteroatoms. The van der Waals surface area contributed by atoms with E-state index in [1.165, 1.54) is 12.1 Å². The van der Waals surface area contributed by atoms with Crippen LogP contribution in [0.25, 0.3) is 0 Å². The van der Waals surface area contributed by atoms with Gasteiger partial charge in [0, 0.05) is 18.7 Å². The summed E-state index contributed by atoms with van der Waals surface area (Å²) in [5, 5.41) is 2.56. The number of esters is 1. The van der Waals surface area contributed by atoms with Gasteiger partial charge in [-0.1, -0.05) is 6.92 Å². The molecule has 1 aromatic rings. The molecular weight excluding hydrogens is 275 g/mol. The lowest BCUT2D eigenvalue weighted by atomic mass is 10.1. The van der Waals surface area contributed by atoms with Gasteiger partial charge in [0.1, 0.15) is 11.9 Å². The van der Waals surface area contributed by atoms with E-state index in [2.05, 4.69) is 5.32 Å². The zero-order valence-electron chi connectivity index (χ0n) is 12.3. The summed E-state index contributed by atoms with van der Waals surface area (Å²) in [5.74, 6) is -1.29. The molecule has 0 bridgehead atoms. The Labute approximate surface area is 123 Å². The van der Waals surface area contributed by atoms with Gasteiger partial charge in [-0.3, -0.25) is 9.59 Å². The number of rotatable bonds is 7. The van der Waals surface area contributed by atoms with E-state index in [0.717, 1.165) is 5.56 Å². The van der Waals surface area contributed by atoms with E-state index in [1.807, 2.05) is 6.92 Å². The molecule has 0 aliphatic heterocycles. The maximum Gasteiger partial charge on any atom is 0.307 e. The van der Waals surface area contributed by atoms with Crippen molar-refractivity contribution in [2.45, 2.75) is 32.8 Å². The molecular formula is C15H21FN2O3. The molecule has 21 heavy (non-hydrogen) atoms. The molecule has 0 aromatic heterocycles. The summed E-state index contributed by atoms with van der Waals surface area (Å²) in [4.78, 5) is 23.3. The standard InChI is InChI=1S/C15H21FN2O3/c1-3-11-6-12(8-13(16)7-11)15(20)18-5-4-14(19)21-10(2)9-17/h6-8,10H,3-5,9,17H2,1-2H3,(H,18,20)/t10-/m0/s1. The summed E-state index contributed by atoms with van der Waals surface area (Å²) in [7, 11) is 0. The van der Waals surface area contributed by atoms with Crippen molar-refractivity contribution >= 4 is 11.9 Å². The minimum Gasteiger partial charge on any atom is -0.461 e. The first-order valence-electron chi connectivity index (χ1n) is 6.93. The highest BCUT2D eigenvalue weighted by Crippen LogP contribution is 2.10. The van der Waals surface area contributed by atoms with E-state index < -0.39 is 17.7 Å². The van der Waals surface area contributed by atoms with Crippen LogP contribution in [-0.4, -0.2) is 31.1 Å². The van der Waals surface area contributed by atoms with Crippen LogP contribution >= 0.6 is 0 Å². The number of amides is 1. The van der Waals surface area contributed by atoms with E-state index in [1.54, 1.807) is 13.0 Å². The number of carbonyl (C=O) groups is 2. The van der Waals surface area contributed by atoms with Gasteiger partial charge < -0.3 is 15.8 Å². The molecule has 3 N–H and O–H groups in total. The van der Waals surface area contributed by atoms with Gasteiger partial charge in [-0.2, -0.15) is 0 Å². The van der Waals surface area contributed by atoms with Crippen LogP contribution in [-0.2, 0) is 16.0 Å². The fourth-order valence-electron chi connectivity index (χ4n) is 1.70. The average Bonchev–Trinajstić information content (AvgIpc) is 2.46. The first-order valence-corrected chi connectivity index (χ1v) is 6.93. The van der Waals surface area contributed by atoms with Crippen molar-refractivity contribution in [3.8, 4) is 0 Å². The van der Waals surface area contributed by atoms with Gasteiger partial charge in [0.25, 0.3) is 5.91 Å². The molecule has 1 aromatic carbocycles. The van der Waals surface area contributed by atoms with E-state index in [4.69, 9.17) is 10.5 Å². The van der Waals surface area contributed by atoms with Gasteiger partial charge in [0.2, 0.25) is 0 Å². The van der Waals surface area contributed by atoms with Crippen LogP contribution in [0.3, 0.4) is 0 Å². The molecule has 0 unspecified atom stereocenters. The molecule has 0 saturated carbocycles. The zero-order valence-corrected chi connectivity index (χ0v) is 12.3. The topological polar surface area (TPSA) is 81.4 Å². The number of ether oxygens (including phenoxy) is 1. The van der Waals surface area contributed by atoms with Gasteiger partial charge in [-0.25, -0.2) is 4.39 Å². The van der Waals surface area contributed by atoms with Crippen LogP contribution in [0.2, 0.25) is 0 Å². The minimum atomic E-state index is -0.448. The van der Waals surface area contributed by atoms with Crippen molar-refractivity contribution in [2.24, 2.45) is 5.73 Å². The summed E-state index contributed by atoms with van der Waals surface area (Å²) in [6.07, 6.45) is 0.344. The van der Waals surface area contributed by atoms with Crippen LogP contribution < -0.4 is 11.1 Å².